The summed E-state index contributed by atoms with van der Waals surface area (Å²) in [4.78, 5) is 29.1. The van der Waals surface area contributed by atoms with Crippen molar-refractivity contribution < 1.29 is 22.4 Å². The molecule has 0 spiro atoms. The summed E-state index contributed by atoms with van der Waals surface area (Å²) in [6.07, 6.45) is 1.06. The largest absolute Gasteiger partial charge is 0.339 e. The van der Waals surface area contributed by atoms with Gasteiger partial charge in [-0.25, -0.2) is 17.5 Å². The van der Waals surface area contributed by atoms with Crippen LogP contribution >= 0.6 is 0 Å². The van der Waals surface area contributed by atoms with Crippen LogP contribution in [0.3, 0.4) is 0 Å². The number of hydrogen-bond donors (Lipinski definition) is 1. The Balaban J connectivity index is 1.66. The fraction of sp³-hybridized carbons (Fsp3) is 0.207. The summed E-state index contributed by atoms with van der Waals surface area (Å²) >= 11 is 0. The minimum absolute atomic E-state index is 0.00217. The molecule has 1 aliphatic heterocycles. The van der Waals surface area contributed by atoms with Crippen LogP contribution < -0.4 is 10.2 Å². The number of fused-ring (bicyclic) bond motifs is 1. The number of carbonyl (C=O) groups excluding carboxylic acids is 2. The first-order valence-corrected chi connectivity index (χ1v) is 14.3. The van der Waals surface area contributed by atoms with Gasteiger partial charge in [0.25, 0.3) is 11.8 Å². The quantitative estimate of drug-likeness (QED) is 0.394. The van der Waals surface area contributed by atoms with Crippen LogP contribution in [0.5, 0.6) is 0 Å². The average molecular weight is 547 g/mol. The monoisotopic (exact) mass is 546 g/mol. The molecule has 3 aromatic carbocycles. The molecule has 0 saturated carbocycles. The molecule has 39 heavy (non-hydrogen) atoms. The van der Waals surface area contributed by atoms with Crippen LogP contribution in [0.4, 0.5) is 10.2 Å². The lowest BCUT2D eigenvalue weighted by molar-refractivity contribution is -0.121. The first kappa shape index (κ1) is 26.3. The van der Waals surface area contributed by atoms with Crippen molar-refractivity contribution in [1.29, 1.82) is 0 Å². The highest BCUT2D eigenvalue weighted by molar-refractivity contribution is 7.90. The number of halogens is 1. The van der Waals surface area contributed by atoms with Gasteiger partial charge in [0.2, 0.25) is 0 Å². The van der Waals surface area contributed by atoms with E-state index >= 15 is 0 Å². The summed E-state index contributed by atoms with van der Waals surface area (Å²) in [5.41, 5.74) is 2.90. The zero-order chi connectivity index (χ0) is 27.9. The maximum Gasteiger partial charge on any atom is 0.252 e. The Hall–Kier alpha value is -4.31. The Bertz CT molecular complexity index is 1670. The van der Waals surface area contributed by atoms with E-state index in [2.05, 4.69) is 5.32 Å². The molecule has 2 amide bonds. The van der Waals surface area contributed by atoms with Gasteiger partial charge in [0.1, 0.15) is 17.7 Å². The number of para-hydroxylation sites is 1. The molecule has 200 valence electrons. The van der Waals surface area contributed by atoms with Crippen LogP contribution in [0, 0.1) is 12.7 Å². The summed E-state index contributed by atoms with van der Waals surface area (Å²) in [5, 5.41) is 7.62. The Morgan fingerprint density at radius 3 is 2.36 bits per heavy atom. The first-order valence-electron chi connectivity index (χ1n) is 12.4. The smallest absolute Gasteiger partial charge is 0.252 e. The normalized spacial score (nSPS) is 17.1. The molecule has 0 radical (unpaired) electrons. The van der Waals surface area contributed by atoms with Crippen molar-refractivity contribution in [2.45, 2.75) is 30.7 Å². The number of nitrogens with zero attached hydrogens (tertiary/aromatic N) is 3. The Morgan fingerprint density at radius 1 is 1.03 bits per heavy atom. The predicted molar refractivity (Wildman–Crippen MR) is 145 cm³/mol. The zero-order valence-corrected chi connectivity index (χ0v) is 22.4. The third-order valence-corrected chi connectivity index (χ3v) is 7.98. The molecule has 0 bridgehead atoms. The second kappa shape index (κ2) is 10.1. The molecule has 0 saturated heterocycles. The van der Waals surface area contributed by atoms with Gasteiger partial charge in [-0.3, -0.25) is 14.5 Å². The van der Waals surface area contributed by atoms with Crippen molar-refractivity contribution in [1.82, 2.24) is 15.1 Å². The van der Waals surface area contributed by atoms with Crippen LogP contribution in [0.2, 0.25) is 0 Å². The van der Waals surface area contributed by atoms with Crippen molar-refractivity contribution in [3.8, 4) is 5.69 Å². The first-order chi connectivity index (χ1) is 18.6. The van der Waals surface area contributed by atoms with Gasteiger partial charge in [-0.2, -0.15) is 5.10 Å². The van der Waals surface area contributed by atoms with Crippen LogP contribution in [0.25, 0.3) is 5.69 Å². The average Bonchev–Trinajstić information content (AvgIpc) is 3.26. The molecule has 10 heteroatoms. The van der Waals surface area contributed by atoms with Gasteiger partial charge in [0.15, 0.2) is 9.84 Å². The number of aryl methyl sites for hydroxylation is 1. The molecule has 2 heterocycles. The standard InChI is InChI=1S/C29H27FN4O4S/c1-4-33-28-24(18(2)32-34(28)22-10-6-5-7-11-22)25(19-13-15-21(30)16-14-19)26(29(33)36)31-27(35)20-9-8-12-23(17-20)39(3,37)38/h5-17,25-26H,4H2,1-3H3,(H,31,35). The van der Waals surface area contributed by atoms with E-state index in [0.29, 0.717) is 23.6 Å². The Morgan fingerprint density at radius 2 is 1.72 bits per heavy atom. The topological polar surface area (TPSA) is 101 Å². The number of amides is 2. The summed E-state index contributed by atoms with van der Waals surface area (Å²) in [6.45, 7) is 3.99. The number of anilines is 1. The molecule has 5 rings (SSSR count). The number of aromatic nitrogens is 2. The molecule has 4 aromatic rings. The lowest BCUT2D eigenvalue weighted by Gasteiger charge is -2.38. The van der Waals surface area contributed by atoms with E-state index in [1.54, 1.807) is 21.7 Å². The molecular weight excluding hydrogens is 519 g/mol. The summed E-state index contributed by atoms with van der Waals surface area (Å²) in [7, 11) is -3.54. The molecule has 2 unspecified atom stereocenters. The Labute approximate surface area is 226 Å². The lowest BCUT2D eigenvalue weighted by atomic mass is 9.81. The number of hydrogen-bond acceptors (Lipinski definition) is 5. The van der Waals surface area contributed by atoms with Gasteiger partial charge in [0, 0.05) is 29.8 Å². The maximum absolute atomic E-state index is 14.1. The van der Waals surface area contributed by atoms with Crippen LogP contribution in [0.15, 0.2) is 83.8 Å². The SMILES string of the molecule is CCN1C(=O)C(NC(=O)c2cccc(S(C)(=O)=O)c2)C(c2ccc(F)cc2)c2c(C)nn(-c3ccccc3)c21. The molecule has 8 nitrogen and oxygen atoms in total. The molecule has 2 atom stereocenters. The van der Waals surface area contributed by atoms with Gasteiger partial charge in [-0.15, -0.1) is 0 Å². The minimum Gasteiger partial charge on any atom is -0.339 e. The maximum atomic E-state index is 14.1. The van der Waals surface area contributed by atoms with E-state index in [1.165, 1.54) is 36.4 Å². The van der Waals surface area contributed by atoms with Crippen LogP contribution in [0.1, 0.15) is 40.0 Å². The highest BCUT2D eigenvalue weighted by Gasteiger charge is 2.45. The van der Waals surface area contributed by atoms with E-state index < -0.39 is 33.5 Å². The predicted octanol–water partition coefficient (Wildman–Crippen LogP) is 4.02. The second-order valence-corrected chi connectivity index (χ2v) is 11.4. The highest BCUT2D eigenvalue weighted by atomic mass is 32.2. The van der Waals surface area contributed by atoms with Gasteiger partial charge in [-0.05, 0) is 61.9 Å². The number of benzene rings is 3. The van der Waals surface area contributed by atoms with E-state index in [0.717, 1.165) is 17.5 Å². The number of likely N-dealkylation sites (N-methyl/N-ethyl adjacent to an activating group) is 1. The van der Waals surface area contributed by atoms with Gasteiger partial charge in [-0.1, -0.05) is 36.4 Å². The fourth-order valence-electron chi connectivity index (χ4n) is 5.05. The highest BCUT2D eigenvalue weighted by Crippen LogP contribution is 2.43. The van der Waals surface area contributed by atoms with Crippen LogP contribution in [-0.4, -0.2) is 48.9 Å². The number of rotatable bonds is 6. The second-order valence-electron chi connectivity index (χ2n) is 9.43. The summed E-state index contributed by atoms with van der Waals surface area (Å²) < 4.78 is 39.7. The summed E-state index contributed by atoms with van der Waals surface area (Å²) in [6, 6.07) is 19.9. The van der Waals surface area contributed by atoms with Crippen molar-refractivity contribution in [2.24, 2.45) is 0 Å². The van der Waals surface area contributed by atoms with Crippen LogP contribution in [-0.2, 0) is 14.6 Å². The number of nitrogens with one attached hydrogen (secondary N) is 1. The molecule has 1 aromatic heterocycles. The van der Waals surface area contributed by atoms with E-state index in [4.69, 9.17) is 5.10 Å². The third kappa shape index (κ3) is 4.83. The lowest BCUT2D eigenvalue weighted by Crippen LogP contribution is -2.55. The number of sulfone groups is 1. The molecular formula is C29H27FN4O4S. The summed E-state index contributed by atoms with van der Waals surface area (Å²) in [5.74, 6) is -1.46. The van der Waals surface area contributed by atoms with Crippen molar-refractivity contribution in [3.63, 3.8) is 0 Å². The van der Waals surface area contributed by atoms with E-state index in [1.807, 2.05) is 44.2 Å². The molecule has 0 fully saturated rings. The van der Waals surface area contributed by atoms with Gasteiger partial charge < -0.3 is 5.32 Å². The van der Waals surface area contributed by atoms with E-state index in [9.17, 15) is 22.4 Å². The van der Waals surface area contributed by atoms with Gasteiger partial charge in [0.05, 0.1) is 16.3 Å². The van der Waals surface area contributed by atoms with Crippen molar-refractivity contribution in [2.75, 3.05) is 17.7 Å². The minimum atomic E-state index is -3.54. The molecule has 1 N–H and O–H groups in total. The zero-order valence-electron chi connectivity index (χ0n) is 21.6. The number of carbonyl (C=O) groups is 2. The Kier molecular flexibility index (Phi) is 6.82. The molecule has 0 aliphatic carbocycles. The fourth-order valence-corrected chi connectivity index (χ4v) is 5.72. The van der Waals surface area contributed by atoms with Crippen molar-refractivity contribution >= 4 is 27.5 Å². The van der Waals surface area contributed by atoms with Crippen molar-refractivity contribution in [3.05, 3.63) is 107 Å². The van der Waals surface area contributed by atoms with Gasteiger partial charge >= 0.3 is 0 Å². The van der Waals surface area contributed by atoms with E-state index in [-0.39, 0.29) is 16.4 Å². The molecule has 1 aliphatic rings. The third-order valence-electron chi connectivity index (χ3n) is 6.87.